The van der Waals surface area contributed by atoms with Crippen LogP contribution in [-0.2, 0) is 6.54 Å². The van der Waals surface area contributed by atoms with Crippen molar-refractivity contribution in [2.45, 2.75) is 27.3 Å². The molecule has 0 bridgehead atoms. The van der Waals surface area contributed by atoms with E-state index in [1.807, 2.05) is 62.1 Å². The van der Waals surface area contributed by atoms with Gasteiger partial charge in [0.1, 0.15) is 11.5 Å². The first-order valence-electron chi connectivity index (χ1n) is 6.52. The molecule has 1 heterocycles. The van der Waals surface area contributed by atoms with Crippen LogP contribution in [0.4, 0.5) is 0 Å². The first kappa shape index (κ1) is 13.4. The van der Waals surface area contributed by atoms with Crippen molar-refractivity contribution in [3.05, 3.63) is 59.0 Å². The van der Waals surface area contributed by atoms with Gasteiger partial charge in [0.05, 0.1) is 5.56 Å². The Balaban J connectivity index is 2.18. The summed E-state index contributed by atoms with van der Waals surface area (Å²) >= 11 is 0. The van der Waals surface area contributed by atoms with E-state index in [9.17, 15) is 4.79 Å². The summed E-state index contributed by atoms with van der Waals surface area (Å²) in [6, 6.07) is 11.8. The number of hydrogen-bond donors (Lipinski definition) is 0. The van der Waals surface area contributed by atoms with Gasteiger partial charge in [0, 0.05) is 13.1 Å². The van der Waals surface area contributed by atoms with Gasteiger partial charge in [-0.05, 0) is 32.4 Å². The summed E-state index contributed by atoms with van der Waals surface area (Å²) < 4.78 is 5.43. The second kappa shape index (κ2) is 5.74. The lowest BCUT2D eigenvalue weighted by molar-refractivity contribution is 0.0751. The van der Waals surface area contributed by atoms with Crippen LogP contribution in [0.15, 0.2) is 40.8 Å². The molecule has 0 atom stereocenters. The number of nitrogens with zero attached hydrogens (tertiary/aromatic N) is 1. The van der Waals surface area contributed by atoms with E-state index in [-0.39, 0.29) is 5.91 Å². The zero-order valence-electron chi connectivity index (χ0n) is 11.6. The average molecular weight is 257 g/mol. The minimum absolute atomic E-state index is 0.0284. The predicted molar refractivity (Wildman–Crippen MR) is 75.0 cm³/mol. The van der Waals surface area contributed by atoms with Crippen LogP contribution < -0.4 is 0 Å². The predicted octanol–water partition coefficient (Wildman–Crippen LogP) is 3.56. The van der Waals surface area contributed by atoms with Crippen LogP contribution in [0.25, 0.3) is 0 Å². The fraction of sp³-hybridized carbons (Fsp3) is 0.312. The van der Waals surface area contributed by atoms with Gasteiger partial charge in [-0.1, -0.05) is 30.3 Å². The number of furan rings is 1. The lowest BCUT2D eigenvalue weighted by Crippen LogP contribution is -2.30. The minimum Gasteiger partial charge on any atom is -0.466 e. The topological polar surface area (TPSA) is 33.5 Å². The summed E-state index contributed by atoms with van der Waals surface area (Å²) in [4.78, 5) is 14.3. The Morgan fingerprint density at radius 1 is 1.21 bits per heavy atom. The second-order valence-corrected chi connectivity index (χ2v) is 4.63. The van der Waals surface area contributed by atoms with Gasteiger partial charge in [0.25, 0.3) is 5.91 Å². The summed E-state index contributed by atoms with van der Waals surface area (Å²) in [5, 5.41) is 0. The van der Waals surface area contributed by atoms with Gasteiger partial charge < -0.3 is 9.32 Å². The number of rotatable bonds is 4. The Hall–Kier alpha value is -2.03. The van der Waals surface area contributed by atoms with Crippen molar-refractivity contribution in [2.75, 3.05) is 6.54 Å². The van der Waals surface area contributed by atoms with E-state index in [0.29, 0.717) is 24.4 Å². The molecule has 0 unspecified atom stereocenters. The molecule has 3 nitrogen and oxygen atoms in total. The van der Waals surface area contributed by atoms with Crippen molar-refractivity contribution >= 4 is 5.91 Å². The molecule has 0 fully saturated rings. The van der Waals surface area contributed by atoms with E-state index in [2.05, 4.69) is 0 Å². The SMILES string of the molecule is CCN(Cc1ccccc1)C(=O)c1cc(C)oc1C. The fourth-order valence-corrected chi connectivity index (χ4v) is 2.14. The van der Waals surface area contributed by atoms with Gasteiger partial charge in [0.2, 0.25) is 0 Å². The average Bonchev–Trinajstić information content (AvgIpc) is 2.75. The molecule has 0 saturated carbocycles. The van der Waals surface area contributed by atoms with E-state index >= 15 is 0 Å². The highest BCUT2D eigenvalue weighted by molar-refractivity contribution is 5.95. The Bertz CT molecular complexity index is 557. The zero-order valence-corrected chi connectivity index (χ0v) is 11.6. The standard InChI is InChI=1S/C16H19NO2/c1-4-17(11-14-8-6-5-7-9-14)16(18)15-10-12(2)19-13(15)3/h5-10H,4,11H2,1-3H3. The highest BCUT2D eigenvalue weighted by Gasteiger charge is 2.19. The largest absolute Gasteiger partial charge is 0.466 e. The number of benzene rings is 1. The molecular formula is C16H19NO2. The first-order valence-corrected chi connectivity index (χ1v) is 6.52. The Morgan fingerprint density at radius 2 is 1.89 bits per heavy atom. The number of aryl methyl sites for hydroxylation is 2. The molecule has 0 aliphatic heterocycles. The van der Waals surface area contributed by atoms with Gasteiger partial charge in [-0.15, -0.1) is 0 Å². The van der Waals surface area contributed by atoms with Gasteiger partial charge >= 0.3 is 0 Å². The molecule has 3 heteroatoms. The van der Waals surface area contributed by atoms with Crippen LogP contribution in [-0.4, -0.2) is 17.4 Å². The molecule has 0 N–H and O–H groups in total. The Kier molecular flexibility index (Phi) is 4.05. The number of carbonyl (C=O) groups is 1. The smallest absolute Gasteiger partial charge is 0.257 e. The summed E-state index contributed by atoms with van der Waals surface area (Å²) in [7, 11) is 0. The third-order valence-corrected chi connectivity index (χ3v) is 3.16. The normalized spacial score (nSPS) is 10.5. The van der Waals surface area contributed by atoms with E-state index in [1.54, 1.807) is 0 Å². The molecule has 0 aliphatic carbocycles. The van der Waals surface area contributed by atoms with Crippen molar-refractivity contribution in [1.29, 1.82) is 0 Å². The first-order chi connectivity index (χ1) is 9.11. The maximum absolute atomic E-state index is 12.5. The maximum atomic E-state index is 12.5. The van der Waals surface area contributed by atoms with E-state index in [4.69, 9.17) is 4.42 Å². The summed E-state index contributed by atoms with van der Waals surface area (Å²) in [5.41, 5.74) is 1.80. The molecule has 0 radical (unpaired) electrons. The van der Waals surface area contributed by atoms with Gasteiger partial charge in [0.15, 0.2) is 0 Å². The van der Waals surface area contributed by atoms with Crippen molar-refractivity contribution in [2.24, 2.45) is 0 Å². The molecular weight excluding hydrogens is 238 g/mol. The van der Waals surface area contributed by atoms with Crippen molar-refractivity contribution in [1.82, 2.24) is 4.90 Å². The van der Waals surface area contributed by atoms with Crippen molar-refractivity contribution in [3.8, 4) is 0 Å². The molecule has 2 aromatic rings. The van der Waals surface area contributed by atoms with Crippen LogP contribution in [0.2, 0.25) is 0 Å². The van der Waals surface area contributed by atoms with Crippen LogP contribution >= 0.6 is 0 Å². The van der Waals surface area contributed by atoms with Crippen LogP contribution in [0.1, 0.15) is 34.4 Å². The second-order valence-electron chi connectivity index (χ2n) is 4.63. The summed E-state index contributed by atoms with van der Waals surface area (Å²) in [6.45, 7) is 6.98. The maximum Gasteiger partial charge on any atom is 0.257 e. The number of carbonyl (C=O) groups excluding carboxylic acids is 1. The van der Waals surface area contributed by atoms with Crippen LogP contribution in [0, 0.1) is 13.8 Å². The molecule has 0 saturated heterocycles. The van der Waals surface area contributed by atoms with Crippen molar-refractivity contribution < 1.29 is 9.21 Å². The van der Waals surface area contributed by atoms with E-state index < -0.39 is 0 Å². The summed E-state index contributed by atoms with van der Waals surface area (Å²) in [6.07, 6.45) is 0. The molecule has 100 valence electrons. The Morgan fingerprint density at radius 3 is 2.42 bits per heavy atom. The van der Waals surface area contributed by atoms with Crippen LogP contribution in [0.5, 0.6) is 0 Å². The third-order valence-electron chi connectivity index (χ3n) is 3.16. The molecule has 0 aliphatic rings. The molecule has 19 heavy (non-hydrogen) atoms. The van der Waals surface area contributed by atoms with E-state index in [1.165, 1.54) is 0 Å². The Labute approximate surface area is 113 Å². The van der Waals surface area contributed by atoms with Gasteiger partial charge in [-0.3, -0.25) is 4.79 Å². The molecule has 1 amide bonds. The molecule has 0 spiro atoms. The number of hydrogen-bond acceptors (Lipinski definition) is 2. The molecule has 2 rings (SSSR count). The minimum atomic E-state index is 0.0284. The van der Waals surface area contributed by atoms with E-state index in [0.717, 1.165) is 11.3 Å². The van der Waals surface area contributed by atoms with Crippen LogP contribution in [0.3, 0.4) is 0 Å². The van der Waals surface area contributed by atoms with Crippen molar-refractivity contribution in [3.63, 3.8) is 0 Å². The highest BCUT2D eigenvalue weighted by atomic mass is 16.3. The summed E-state index contributed by atoms with van der Waals surface area (Å²) in [5.74, 6) is 1.49. The monoisotopic (exact) mass is 257 g/mol. The quantitative estimate of drug-likeness (QED) is 0.839. The zero-order chi connectivity index (χ0) is 13.8. The number of amides is 1. The van der Waals surface area contributed by atoms with Gasteiger partial charge in [-0.25, -0.2) is 0 Å². The third kappa shape index (κ3) is 3.05. The van der Waals surface area contributed by atoms with Gasteiger partial charge in [-0.2, -0.15) is 0 Å². The lowest BCUT2D eigenvalue weighted by Gasteiger charge is -2.20. The molecule has 1 aromatic carbocycles. The molecule has 1 aromatic heterocycles. The fourth-order valence-electron chi connectivity index (χ4n) is 2.14. The highest BCUT2D eigenvalue weighted by Crippen LogP contribution is 2.17. The lowest BCUT2D eigenvalue weighted by atomic mass is 10.1.